The highest BCUT2D eigenvalue weighted by molar-refractivity contribution is 5.82. The molecule has 2 unspecified atom stereocenters. The van der Waals surface area contributed by atoms with Crippen LogP contribution in [0.3, 0.4) is 0 Å². The largest absolute Gasteiger partial charge is 0.490 e. The summed E-state index contributed by atoms with van der Waals surface area (Å²) >= 11 is 0. The number of amides is 2. The smallest absolute Gasteiger partial charge is 0.239 e. The molecule has 0 bridgehead atoms. The van der Waals surface area contributed by atoms with E-state index in [4.69, 9.17) is 49.0 Å². The van der Waals surface area contributed by atoms with Crippen molar-refractivity contribution in [2.45, 2.75) is 122 Å². The van der Waals surface area contributed by atoms with Gasteiger partial charge in [0.15, 0.2) is 17.9 Å². The first kappa shape index (κ1) is 46.5. The molecule has 5 heterocycles. The number of aromatic nitrogens is 6. The third-order valence-corrected chi connectivity index (χ3v) is 11.2. The molecule has 1 aliphatic heterocycles. The minimum atomic E-state index is -0.672. The molecule has 3 aliphatic rings. The molecule has 344 valence electrons. The Balaban J connectivity index is 0.995. The zero-order valence-electron chi connectivity index (χ0n) is 38.4. The van der Waals surface area contributed by atoms with Gasteiger partial charge in [-0.2, -0.15) is 0 Å². The van der Waals surface area contributed by atoms with E-state index in [1.807, 2.05) is 70.6 Å². The first-order chi connectivity index (χ1) is 30.6. The molecule has 2 amide bonds. The van der Waals surface area contributed by atoms with Gasteiger partial charge >= 0.3 is 0 Å². The van der Waals surface area contributed by atoms with Gasteiger partial charge in [-0.15, -0.1) is 0 Å². The van der Waals surface area contributed by atoms with Crippen LogP contribution in [0.25, 0.3) is 23.0 Å². The zero-order valence-corrected chi connectivity index (χ0v) is 38.4. The van der Waals surface area contributed by atoms with Crippen molar-refractivity contribution < 1.29 is 33.6 Å². The highest BCUT2D eigenvalue weighted by Gasteiger charge is 2.31. The molecule has 4 aromatic rings. The molecule has 7 rings (SSSR count). The number of aryl methyl sites for hydroxylation is 2. The number of ether oxygens (including phenoxy) is 4. The van der Waals surface area contributed by atoms with Gasteiger partial charge in [-0.3, -0.25) is 9.59 Å². The number of hydrogen-bond donors (Lipinski definition) is 3. The number of hydrogen-bond acceptors (Lipinski definition) is 15. The van der Waals surface area contributed by atoms with Gasteiger partial charge in [0.05, 0.1) is 38.2 Å². The fraction of sp³-hybridized carbons (Fsp3) is 0.574. The quantitative estimate of drug-likeness (QED) is 0.116. The second-order valence-corrected chi connectivity index (χ2v) is 18.6. The number of nitrogens with one attached hydrogen (secondary N) is 2. The van der Waals surface area contributed by atoms with Gasteiger partial charge in [-0.25, -0.2) is 29.9 Å². The van der Waals surface area contributed by atoms with E-state index in [2.05, 4.69) is 15.6 Å². The van der Waals surface area contributed by atoms with Crippen LogP contribution < -0.4 is 29.9 Å². The second-order valence-electron chi connectivity index (χ2n) is 18.6. The Bertz CT molecular complexity index is 2230. The molecule has 3 N–H and O–H groups in total. The number of aliphatic hydroxyl groups excluding tert-OH is 1. The van der Waals surface area contributed by atoms with E-state index < -0.39 is 11.6 Å². The summed E-state index contributed by atoms with van der Waals surface area (Å²) in [5, 5.41) is 15.4. The van der Waals surface area contributed by atoms with Crippen molar-refractivity contribution in [2.24, 2.45) is 0 Å². The van der Waals surface area contributed by atoms with Gasteiger partial charge < -0.3 is 44.5 Å². The normalized spacial score (nSPS) is 16.4. The van der Waals surface area contributed by atoms with Crippen molar-refractivity contribution in [2.75, 3.05) is 63.4 Å². The van der Waals surface area contributed by atoms with Crippen LogP contribution in [-0.4, -0.2) is 124 Å². The average molecular weight is 881 g/mol. The van der Waals surface area contributed by atoms with Gasteiger partial charge in [-0.05, 0) is 123 Å². The van der Waals surface area contributed by atoms with Crippen LogP contribution in [0.5, 0.6) is 11.5 Å². The van der Waals surface area contributed by atoms with Gasteiger partial charge in [0.1, 0.15) is 47.7 Å². The van der Waals surface area contributed by atoms with Crippen LogP contribution in [0, 0.1) is 0 Å². The number of pyridine rings is 2. The Kier molecular flexibility index (Phi) is 14.9. The first-order valence-electron chi connectivity index (χ1n) is 22.5. The van der Waals surface area contributed by atoms with E-state index >= 15 is 0 Å². The minimum absolute atomic E-state index is 0.0718. The standard InChI is InChI=1S/C47H64N10O7/c1-46(2,3)54-39(59)27-56(6)44-33-12-10-14-35(33)51-43(52-44)38-20-18-31(26-49-38)63-29-32(64-41-16-8-9-22-62-41)24-47(4,5)55-40(60)28-57(7)45-34-13-11-15-36(34)50-42(53-45)37-19-17-30(25-48-37)61-23-21-58/h17-20,25-26,32,41,58H,8-16,21-24,27-29H2,1-7H3,(H,54,59)(H,55,60). The molecular weight excluding hydrogens is 817 g/mol. The number of rotatable bonds is 19. The minimum Gasteiger partial charge on any atom is -0.490 e. The summed E-state index contributed by atoms with van der Waals surface area (Å²) in [6.07, 6.45) is 11.1. The highest BCUT2D eigenvalue weighted by Crippen LogP contribution is 2.33. The molecule has 4 aromatic heterocycles. The molecule has 17 heteroatoms. The van der Waals surface area contributed by atoms with Crippen molar-refractivity contribution in [1.29, 1.82) is 0 Å². The number of carbonyl (C=O) groups is 2. The van der Waals surface area contributed by atoms with E-state index in [0.717, 1.165) is 86.1 Å². The summed E-state index contributed by atoms with van der Waals surface area (Å²) in [4.78, 5) is 59.1. The Morgan fingerprint density at radius 2 is 1.33 bits per heavy atom. The van der Waals surface area contributed by atoms with Crippen LogP contribution in [0.4, 0.5) is 11.6 Å². The molecule has 1 fully saturated rings. The van der Waals surface area contributed by atoms with Crippen molar-refractivity contribution in [3.05, 3.63) is 59.2 Å². The Morgan fingerprint density at radius 1 is 0.766 bits per heavy atom. The summed E-state index contributed by atoms with van der Waals surface area (Å²) in [5.41, 5.74) is 4.29. The van der Waals surface area contributed by atoms with Crippen molar-refractivity contribution >= 4 is 23.5 Å². The summed E-state index contributed by atoms with van der Waals surface area (Å²) in [7, 11) is 3.76. The molecule has 64 heavy (non-hydrogen) atoms. The predicted octanol–water partition coefficient (Wildman–Crippen LogP) is 4.80. The summed E-state index contributed by atoms with van der Waals surface area (Å²) in [6, 6.07) is 7.28. The Morgan fingerprint density at radius 3 is 1.83 bits per heavy atom. The van der Waals surface area contributed by atoms with Gasteiger partial charge in [0.2, 0.25) is 11.8 Å². The van der Waals surface area contributed by atoms with E-state index in [9.17, 15) is 9.59 Å². The van der Waals surface area contributed by atoms with Crippen LogP contribution in [0.15, 0.2) is 36.7 Å². The van der Waals surface area contributed by atoms with E-state index in [1.165, 1.54) is 0 Å². The summed E-state index contributed by atoms with van der Waals surface area (Å²) < 4.78 is 24.3. The van der Waals surface area contributed by atoms with E-state index in [0.29, 0.717) is 53.4 Å². The van der Waals surface area contributed by atoms with Gasteiger partial charge in [-0.1, -0.05) is 0 Å². The lowest BCUT2D eigenvalue weighted by atomic mass is 9.96. The lowest BCUT2D eigenvalue weighted by Crippen LogP contribution is -2.50. The van der Waals surface area contributed by atoms with Crippen molar-refractivity contribution in [3.8, 4) is 34.5 Å². The number of likely N-dealkylation sites (N-methyl/N-ethyl adjacent to an activating group) is 2. The maximum absolute atomic E-state index is 13.8. The number of aliphatic hydroxyl groups is 1. The lowest BCUT2D eigenvalue weighted by molar-refractivity contribution is -0.197. The third kappa shape index (κ3) is 12.4. The third-order valence-electron chi connectivity index (χ3n) is 11.2. The predicted molar refractivity (Wildman–Crippen MR) is 242 cm³/mol. The lowest BCUT2D eigenvalue weighted by Gasteiger charge is -2.34. The number of carbonyl (C=O) groups excluding carboxylic acids is 2. The van der Waals surface area contributed by atoms with Crippen LogP contribution in [-0.2, 0) is 44.7 Å². The average Bonchev–Trinajstić information content (AvgIpc) is 3.94. The molecule has 2 atom stereocenters. The molecule has 0 saturated carbocycles. The maximum Gasteiger partial charge on any atom is 0.239 e. The van der Waals surface area contributed by atoms with Crippen LogP contribution >= 0.6 is 0 Å². The Hall–Kier alpha value is -5.52. The number of nitrogens with zero attached hydrogens (tertiary/aromatic N) is 8. The maximum atomic E-state index is 13.8. The Labute approximate surface area is 376 Å². The molecule has 0 spiro atoms. The van der Waals surface area contributed by atoms with Crippen LogP contribution in [0.1, 0.15) is 95.7 Å². The molecule has 2 aliphatic carbocycles. The fourth-order valence-corrected chi connectivity index (χ4v) is 8.49. The zero-order chi connectivity index (χ0) is 45.4. The first-order valence-corrected chi connectivity index (χ1v) is 22.5. The monoisotopic (exact) mass is 880 g/mol. The summed E-state index contributed by atoms with van der Waals surface area (Å²) in [5.74, 6) is 3.33. The molecular formula is C47H64N10O7. The SMILES string of the molecule is CN(CC(=O)NC(C)(C)C)c1nc(-c2ccc(OCC(CC(C)(C)NC(=O)CN(C)c3nc(-c4ccc(OCCO)cn4)nc4c3CCC4)OC3CCCCO3)cn2)nc2c1CCC2. The second kappa shape index (κ2) is 20.5. The van der Waals surface area contributed by atoms with E-state index in [-0.39, 0.29) is 56.6 Å². The molecule has 0 aromatic carbocycles. The van der Waals surface area contributed by atoms with Gasteiger partial charge in [0, 0.05) is 54.3 Å². The van der Waals surface area contributed by atoms with Crippen LogP contribution in [0.2, 0.25) is 0 Å². The summed E-state index contributed by atoms with van der Waals surface area (Å²) in [6.45, 7) is 11.1. The van der Waals surface area contributed by atoms with E-state index in [1.54, 1.807) is 24.5 Å². The molecule has 1 saturated heterocycles. The highest BCUT2D eigenvalue weighted by atomic mass is 16.7. The fourth-order valence-electron chi connectivity index (χ4n) is 8.49. The number of anilines is 2. The van der Waals surface area contributed by atoms with Crippen molar-refractivity contribution in [3.63, 3.8) is 0 Å². The molecule has 17 nitrogen and oxygen atoms in total. The number of fused-ring (bicyclic) bond motifs is 2. The van der Waals surface area contributed by atoms with Crippen molar-refractivity contribution in [1.82, 2.24) is 40.5 Å². The molecule has 0 radical (unpaired) electrons. The topological polar surface area (TPSA) is 199 Å². The van der Waals surface area contributed by atoms with Gasteiger partial charge in [0.25, 0.3) is 0 Å².